The maximum Gasteiger partial charge on any atom is 0.287 e. The molecule has 0 atom stereocenters. The van der Waals surface area contributed by atoms with Gasteiger partial charge in [0.05, 0.1) is 11.9 Å². The monoisotopic (exact) mass is 399 g/mol. The van der Waals surface area contributed by atoms with Gasteiger partial charge in [-0.2, -0.15) is 4.98 Å². The number of aromatic nitrogens is 2. The number of amidine groups is 1. The van der Waals surface area contributed by atoms with Crippen LogP contribution in [0.1, 0.15) is 37.1 Å². The highest BCUT2D eigenvalue weighted by molar-refractivity contribution is 6.15. The molecule has 1 aliphatic carbocycles. The first kappa shape index (κ1) is 16.2. The second-order valence-corrected chi connectivity index (χ2v) is 7.88. The van der Waals surface area contributed by atoms with Crippen LogP contribution in [0, 0.1) is 0 Å². The average Bonchev–Trinajstić information content (AvgIpc) is 3.46. The zero-order valence-electron chi connectivity index (χ0n) is 15.0. The van der Waals surface area contributed by atoms with Crippen LogP contribution in [-0.4, -0.2) is 43.8 Å². The van der Waals surface area contributed by atoms with Crippen LogP contribution in [0.25, 0.3) is 0 Å². The van der Waals surface area contributed by atoms with Crippen molar-refractivity contribution in [2.75, 3.05) is 23.2 Å². The molecule has 0 radical (unpaired) electrons. The first-order chi connectivity index (χ1) is 13.6. The van der Waals surface area contributed by atoms with Crippen molar-refractivity contribution in [1.29, 1.82) is 0 Å². The maximum atomic E-state index is 10.8. The molecule has 3 aliphatic heterocycles. The van der Waals surface area contributed by atoms with Crippen molar-refractivity contribution < 1.29 is 9.63 Å². The van der Waals surface area contributed by atoms with Crippen LogP contribution in [0.15, 0.2) is 45.8 Å². The van der Waals surface area contributed by atoms with Gasteiger partial charge in [0, 0.05) is 17.3 Å². The SMILES string of the molecule is OC1(c2nc(N3CN=C4c5ccccc5N5CN(Cl)C=C5N43)no2)CCCC1. The highest BCUT2D eigenvalue weighted by Gasteiger charge is 2.44. The molecule has 0 saturated heterocycles. The topological polar surface area (TPSA) is 84.5 Å². The molecule has 1 aromatic carbocycles. The summed E-state index contributed by atoms with van der Waals surface area (Å²) in [5, 5.41) is 18.7. The number of fused-ring (bicyclic) bond motifs is 6. The van der Waals surface area contributed by atoms with Gasteiger partial charge in [0.2, 0.25) is 0 Å². The number of nitrogens with zero attached hydrogens (tertiary/aromatic N) is 7. The second-order valence-electron chi connectivity index (χ2n) is 7.45. The molecule has 0 unspecified atom stereocenters. The molecule has 1 N–H and O–H groups in total. The van der Waals surface area contributed by atoms with Crippen LogP contribution in [0.3, 0.4) is 0 Å². The van der Waals surface area contributed by atoms with Gasteiger partial charge in [-0.1, -0.05) is 12.1 Å². The molecule has 28 heavy (non-hydrogen) atoms. The van der Waals surface area contributed by atoms with E-state index in [1.54, 1.807) is 4.42 Å². The predicted octanol–water partition coefficient (Wildman–Crippen LogP) is 2.32. The number of halogens is 1. The number of aliphatic imine (C=N–C) groups is 1. The van der Waals surface area contributed by atoms with Crippen LogP contribution >= 0.6 is 11.8 Å². The fraction of sp³-hybridized carbons (Fsp3) is 0.389. The summed E-state index contributed by atoms with van der Waals surface area (Å²) in [6.45, 7) is 0.886. The molecule has 4 heterocycles. The number of aliphatic hydroxyl groups is 1. The highest BCUT2D eigenvalue weighted by Crippen LogP contribution is 2.42. The Bertz CT molecular complexity index is 1010. The molecular weight excluding hydrogens is 382 g/mol. The average molecular weight is 400 g/mol. The minimum Gasteiger partial charge on any atom is -0.380 e. The van der Waals surface area contributed by atoms with E-state index in [0.29, 0.717) is 32.1 Å². The fourth-order valence-electron chi connectivity index (χ4n) is 4.36. The number of hydrazine groups is 1. The van der Waals surface area contributed by atoms with Gasteiger partial charge >= 0.3 is 0 Å². The summed E-state index contributed by atoms with van der Waals surface area (Å²) < 4.78 is 7.05. The Balaban J connectivity index is 1.41. The largest absolute Gasteiger partial charge is 0.380 e. The summed E-state index contributed by atoms with van der Waals surface area (Å²) in [5.74, 6) is 2.34. The van der Waals surface area contributed by atoms with Crippen LogP contribution in [0.2, 0.25) is 0 Å². The third-order valence-electron chi connectivity index (χ3n) is 5.73. The first-order valence-corrected chi connectivity index (χ1v) is 9.68. The van der Waals surface area contributed by atoms with E-state index < -0.39 is 5.60 Å². The Morgan fingerprint density at radius 1 is 1.18 bits per heavy atom. The molecule has 1 saturated carbocycles. The standard InChI is InChI=1S/C18H18ClN7O2/c19-23-9-14-24(11-23)13-6-2-1-5-12(13)15-20-10-25(26(14)15)17-21-16(28-22-17)18(27)7-3-4-8-18/h1-2,5-6,9,27H,3-4,7-8,10-11H2. The van der Waals surface area contributed by atoms with E-state index in [4.69, 9.17) is 21.3 Å². The Kier molecular flexibility index (Phi) is 3.25. The zero-order valence-corrected chi connectivity index (χ0v) is 15.7. The lowest BCUT2D eigenvalue weighted by Crippen LogP contribution is -2.49. The van der Waals surface area contributed by atoms with E-state index in [1.807, 2.05) is 34.4 Å². The van der Waals surface area contributed by atoms with Crippen molar-refractivity contribution in [1.82, 2.24) is 19.6 Å². The van der Waals surface area contributed by atoms with Gasteiger partial charge in [0.25, 0.3) is 11.8 Å². The molecule has 9 nitrogen and oxygen atoms in total. The number of hydrogen-bond donors (Lipinski definition) is 1. The fourth-order valence-corrected chi connectivity index (χ4v) is 4.55. The highest BCUT2D eigenvalue weighted by atomic mass is 35.5. The van der Waals surface area contributed by atoms with Crippen molar-refractivity contribution in [2.45, 2.75) is 31.3 Å². The summed E-state index contributed by atoms with van der Waals surface area (Å²) in [7, 11) is 0. The number of para-hydroxylation sites is 1. The second kappa shape index (κ2) is 5.62. The van der Waals surface area contributed by atoms with Crippen molar-refractivity contribution in [3.8, 4) is 0 Å². The molecule has 6 rings (SSSR count). The molecule has 0 amide bonds. The molecular formula is C18H18ClN7O2. The number of hydrogen-bond acceptors (Lipinski definition) is 9. The molecule has 1 aromatic heterocycles. The minimum absolute atomic E-state index is 0.280. The summed E-state index contributed by atoms with van der Waals surface area (Å²) in [6, 6.07) is 8.10. The van der Waals surface area contributed by atoms with Gasteiger partial charge < -0.3 is 14.5 Å². The first-order valence-electron chi connectivity index (χ1n) is 9.34. The smallest absolute Gasteiger partial charge is 0.287 e. The maximum absolute atomic E-state index is 10.8. The van der Waals surface area contributed by atoms with Crippen molar-refractivity contribution >= 4 is 29.2 Å². The van der Waals surface area contributed by atoms with Gasteiger partial charge in [-0.25, -0.2) is 15.0 Å². The summed E-state index contributed by atoms with van der Waals surface area (Å²) in [5.41, 5.74) is 1.06. The van der Waals surface area contributed by atoms with Crippen molar-refractivity contribution in [2.24, 2.45) is 4.99 Å². The van der Waals surface area contributed by atoms with E-state index in [2.05, 4.69) is 21.1 Å². The van der Waals surface area contributed by atoms with Gasteiger partial charge in [0.1, 0.15) is 18.9 Å². The minimum atomic E-state index is -1.02. The third kappa shape index (κ3) is 2.14. The molecule has 2 aromatic rings. The lowest BCUT2D eigenvalue weighted by molar-refractivity contribution is 0.0112. The number of rotatable bonds is 2. The normalized spacial score (nSPS) is 22.2. The van der Waals surface area contributed by atoms with Crippen LogP contribution in [0.4, 0.5) is 11.6 Å². The summed E-state index contributed by atoms with van der Waals surface area (Å²) in [4.78, 5) is 11.4. The summed E-state index contributed by atoms with van der Waals surface area (Å²) >= 11 is 6.29. The van der Waals surface area contributed by atoms with E-state index in [9.17, 15) is 5.11 Å². The number of benzene rings is 1. The lowest BCUT2D eigenvalue weighted by Gasteiger charge is -2.39. The van der Waals surface area contributed by atoms with E-state index in [-0.39, 0.29) is 5.89 Å². The number of anilines is 2. The Morgan fingerprint density at radius 2 is 2.00 bits per heavy atom. The third-order valence-corrected chi connectivity index (χ3v) is 5.94. The van der Waals surface area contributed by atoms with Gasteiger partial charge in [0.15, 0.2) is 11.7 Å². The van der Waals surface area contributed by atoms with E-state index >= 15 is 0 Å². The van der Waals surface area contributed by atoms with Crippen molar-refractivity contribution in [3.05, 3.63) is 47.7 Å². The molecule has 10 heteroatoms. The van der Waals surface area contributed by atoms with Crippen molar-refractivity contribution in [3.63, 3.8) is 0 Å². The molecule has 0 spiro atoms. The molecule has 0 bridgehead atoms. The summed E-state index contributed by atoms with van der Waals surface area (Å²) in [6.07, 6.45) is 5.07. The van der Waals surface area contributed by atoms with Gasteiger partial charge in [-0.05, 0) is 43.0 Å². The molecule has 1 fully saturated rings. The van der Waals surface area contributed by atoms with Gasteiger partial charge in [-0.15, -0.1) is 0 Å². The lowest BCUT2D eigenvalue weighted by atomic mass is 10.0. The van der Waals surface area contributed by atoms with Gasteiger partial charge in [-0.3, -0.25) is 4.42 Å². The van der Waals surface area contributed by atoms with E-state index in [0.717, 1.165) is 35.7 Å². The quantitative estimate of drug-likeness (QED) is 0.770. The predicted molar refractivity (Wildman–Crippen MR) is 102 cm³/mol. The molecule has 144 valence electrons. The Morgan fingerprint density at radius 3 is 2.86 bits per heavy atom. The van der Waals surface area contributed by atoms with E-state index in [1.165, 1.54) is 0 Å². The Hall–Kier alpha value is -2.78. The van der Waals surface area contributed by atoms with Crippen LogP contribution in [0.5, 0.6) is 0 Å². The van der Waals surface area contributed by atoms with Crippen LogP contribution in [-0.2, 0) is 5.60 Å². The van der Waals surface area contributed by atoms with Crippen LogP contribution < -0.4 is 9.91 Å². The Labute approximate surface area is 166 Å². The molecule has 4 aliphatic rings. The zero-order chi connectivity index (χ0) is 18.9.